The Morgan fingerprint density at radius 1 is 1.12 bits per heavy atom. The molecule has 0 saturated heterocycles. The summed E-state index contributed by atoms with van der Waals surface area (Å²) in [6.45, 7) is 2.02. The van der Waals surface area contributed by atoms with E-state index < -0.39 is 0 Å². The molecule has 0 saturated carbocycles. The van der Waals surface area contributed by atoms with E-state index in [2.05, 4.69) is 27.2 Å². The van der Waals surface area contributed by atoms with Crippen molar-refractivity contribution in [2.45, 2.75) is 6.92 Å². The molecule has 7 heteroatoms. The zero-order valence-electron chi connectivity index (χ0n) is 8.31. The van der Waals surface area contributed by atoms with E-state index in [-0.39, 0.29) is 0 Å². The van der Waals surface area contributed by atoms with Gasteiger partial charge in [0.05, 0.1) is 13.4 Å². The molecule has 0 aliphatic carbocycles. The zero-order chi connectivity index (χ0) is 12.0. The van der Waals surface area contributed by atoms with Gasteiger partial charge >= 0.3 is 7.69 Å². The van der Waals surface area contributed by atoms with E-state index in [9.17, 15) is 0 Å². The summed E-state index contributed by atoms with van der Waals surface area (Å²) in [6, 6.07) is 0. The van der Waals surface area contributed by atoms with E-state index in [4.69, 9.17) is 13.9 Å². The summed E-state index contributed by atoms with van der Waals surface area (Å²) in [5.74, 6) is 0.526. The lowest BCUT2D eigenvalue weighted by atomic mass is 10.4. The summed E-state index contributed by atoms with van der Waals surface area (Å²) < 4.78 is 16.2. The topological polar surface area (TPSA) is 55.7 Å². The van der Waals surface area contributed by atoms with Gasteiger partial charge in [0.25, 0.3) is 0 Å². The molecule has 2 aromatic heterocycles. The Morgan fingerprint density at radius 3 is 2.06 bits per heavy atom. The van der Waals surface area contributed by atoms with Crippen molar-refractivity contribution in [2.75, 3.05) is 0 Å². The number of aryl methyl sites for hydroxylation is 1. The fourth-order valence-electron chi connectivity index (χ4n) is 0.756. The van der Waals surface area contributed by atoms with Crippen LogP contribution in [-0.2, 0) is 0 Å². The fraction of sp³-hybridized carbons (Fsp3) is 0.111. The van der Waals surface area contributed by atoms with Crippen molar-refractivity contribution in [1.82, 2.24) is 0 Å². The molecule has 0 unspecified atom stereocenters. The lowest BCUT2D eigenvalue weighted by molar-refractivity contribution is 0.445. The minimum atomic E-state index is 0.526. The van der Waals surface area contributed by atoms with Gasteiger partial charge in [0.2, 0.25) is 0 Å². The molecule has 85 valence electrons. The summed E-state index contributed by atoms with van der Waals surface area (Å²) in [7, 11) is 0.618. The average Bonchev–Trinajstić information content (AvgIpc) is 2.81. The third-order valence-corrected chi connectivity index (χ3v) is 3.45. The smallest absolute Gasteiger partial charge is 0.534 e. The molecule has 0 aromatic carbocycles. The van der Waals surface area contributed by atoms with E-state index >= 15 is 0 Å². The maximum Gasteiger partial charge on any atom is 0.569 e. The Balaban J connectivity index is 0.000000165. The molecular formula is C9H8BI2O4. The molecule has 0 amide bonds. The number of rotatable bonds is 2. The lowest BCUT2D eigenvalue weighted by Crippen LogP contribution is -1.99. The zero-order valence-corrected chi connectivity index (χ0v) is 12.6. The largest absolute Gasteiger partial charge is 0.569 e. The van der Waals surface area contributed by atoms with Crippen LogP contribution in [0.2, 0.25) is 0 Å². The summed E-state index contributed by atoms with van der Waals surface area (Å²) in [6.07, 6.45) is 6.41. The summed E-state index contributed by atoms with van der Waals surface area (Å²) in [4.78, 5) is 0. The highest BCUT2D eigenvalue weighted by atomic mass is 127. The molecule has 0 fully saturated rings. The van der Waals surface area contributed by atoms with Crippen LogP contribution in [0.4, 0.5) is 0 Å². The number of halogens is 2. The van der Waals surface area contributed by atoms with Gasteiger partial charge < -0.3 is 18.5 Å². The molecule has 0 spiro atoms. The molecular weight excluding hydrogens is 437 g/mol. The monoisotopic (exact) mass is 445 g/mol. The van der Waals surface area contributed by atoms with Crippen molar-refractivity contribution < 1.29 is 18.5 Å². The van der Waals surface area contributed by atoms with Crippen LogP contribution in [-0.4, -0.2) is 12.7 Å². The molecule has 16 heavy (non-hydrogen) atoms. The van der Waals surface area contributed by atoms with Crippen molar-refractivity contribution in [3.05, 3.63) is 37.8 Å². The van der Waals surface area contributed by atoms with Crippen LogP contribution >= 0.6 is 45.2 Å². The first-order valence-electron chi connectivity index (χ1n) is 4.17. The standard InChI is InChI=1S/C5H5IO.C4H3BIO3/c1-4-2-7-3-5(4)6;6-3-1-8-2-4(3)9-5-7/h2-3H,1H3;1-2,7H. The SMILES string of the molecule is Cc1cocc1I.O[B]Oc1cocc1I. The Kier molecular flexibility index (Phi) is 6.28. The minimum absolute atomic E-state index is 0.526. The van der Waals surface area contributed by atoms with Crippen LogP contribution in [0.25, 0.3) is 0 Å². The molecule has 4 nitrogen and oxygen atoms in total. The molecule has 0 bridgehead atoms. The van der Waals surface area contributed by atoms with Crippen molar-refractivity contribution in [3.8, 4) is 5.75 Å². The highest BCUT2D eigenvalue weighted by molar-refractivity contribution is 14.1. The van der Waals surface area contributed by atoms with E-state index in [0.29, 0.717) is 13.4 Å². The fourth-order valence-corrected chi connectivity index (χ4v) is 1.43. The van der Waals surface area contributed by atoms with E-state index in [1.165, 1.54) is 21.7 Å². The van der Waals surface area contributed by atoms with Crippen LogP contribution < -0.4 is 4.65 Å². The van der Waals surface area contributed by atoms with E-state index in [1.807, 2.05) is 29.5 Å². The summed E-state index contributed by atoms with van der Waals surface area (Å²) >= 11 is 4.25. The first-order chi connectivity index (χ1) is 7.65. The first kappa shape index (κ1) is 13.9. The van der Waals surface area contributed by atoms with Crippen molar-refractivity contribution in [1.29, 1.82) is 0 Å². The van der Waals surface area contributed by atoms with Gasteiger partial charge in [-0.05, 0) is 52.1 Å². The van der Waals surface area contributed by atoms with Gasteiger partial charge in [-0.1, -0.05) is 0 Å². The minimum Gasteiger partial charge on any atom is -0.534 e. The second-order valence-corrected chi connectivity index (χ2v) is 5.03. The summed E-state index contributed by atoms with van der Waals surface area (Å²) in [5.41, 5.74) is 1.21. The number of furan rings is 2. The summed E-state index contributed by atoms with van der Waals surface area (Å²) in [5, 5.41) is 8.17. The third-order valence-electron chi connectivity index (χ3n) is 1.55. The molecule has 2 rings (SSSR count). The van der Waals surface area contributed by atoms with Gasteiger partial charge in [-0.3, -0.25) is 0 Å². The van der Waals surface area contributed by atoms with Gasteiger partial charge in [0, 0.05) is 5.56 Å². The number of hydrogen-bond donors (Lipinski definition) is 1. The van der Waals surface area contributed by atoms with E-state index in [0.717, 1.165) is 3.57 Å². The molecule has 2 heterocycles. The maximum atomic E-state index is 8.17. The molecule has 1 radical (unpaired) electrons. The first-order valence-corrected chi connectivity index (χ1v) is 6.33. The Morgan fingerprint density at radius 2 is 1.75 bits per heavy atom. The van der Waals surface area contributed by atoms with Gasteiger partial charge in [0.1, 0.15) is 18.8 Å². The van der Waals surface area contributed by atoms with Gasteiger partial charge in [-0.2, -0.15) is 0 Å². The number of hydrogen-bond acceptors (Lipinski definition) is 4. The van der Waals surface area contributed by atoms with Crippen molar-refractivity contribution in [3.63, 3.8) is 0 Å². The van der Waals surface area contributed by atoms with Crippen LogP contribution in [0.1, 0.15) is 5.56 Å². The maximum absolute atomic E-state index is 8.17. The average molecular weight is 445 g/mol. The highest BCUT2D eigenvalue weighted by Gasteiger charge is 2.01. The van der Waals surface area contributed by atoms with Gasteiger partial charge in [0.15, 0.2) is 5.75 Å². The van der Waals surface area contributed by atoms with Crippen molar-refractivity contribution >= 4 is 52.9 Å². The predicted octanol–water partition coefficient (Wildman–Crippen LogP) is 2.98. The Bertz CT molecular complexity index is 410. The highest BCUT2D eigenvalue weighted by Crippen LogP contribution is 2.20. The van der Waals surface area contributed by atoms with Crippen LogP contribution in [0, 0.1) is 14.1 Å². The third kappa shape index (κ3) is 4.38. The van der Waals surface area contributed by atoms with Crippen LogP contribution in [0.5, 0.6) is 5.75 Å². The Hall–Kier alpha value is -0.155. The second kappa shape index (κ2) is 7.23. The lowest BCUT2D eigenvalue weighted by Gasteiger charge is -1.93. The molecule has 0 atom stereocenters. The van der Waals surface area contributed by atoms with Crippen LogP contribution in [0.15, 0.2) is 33.9 Å². The second-order valence-electron chi connectivity index (χ2n) is 2.71. The molecule has 2 aromatic rings. The quantitative estimate of drug-likeness (QED) is 0.571. The van der Waals surface area contributed by atoms with Gasteiger partial charge in [-0.15, -0.1) is 0 Å². The molecule has 0 aliphatic heterocycles. The molecule has 0 aliphatic rings. The Labute approximate surface area is 121 Å². The predicted molar refractivity (Wildman–Crippen MR) is 76.2 cm³/mol. The normalized spacial score (nSPS) is 9.25. The molecule has 1 N–H and O–H groups in total. The van der Waals surface area contributed by atoms with Gasteiger partial charge in [-0.25, -0.2) is 0 Å². The van der Waals surface area contributed by atoms with Crippen molar-refractivity contribution in [2.24, 2.45) is 0 Å². The van der Waals surface area contributed by atoms with E-state index in [1.54, 1.807) is 12.5 Å². The van der Waals surface area contributed by atoms with Crippen LogP contribution in [0.3, 0.4) is 0 Å².